The van der Waals surface area contributed by atoms with E-state index in [1.165, 1.54) is 0 Å². The lowest BCUT2D eigenvalue weighted by atomic mass is 10.1. The van der Waals surface area contributed by atoms with Crippen molar-refractivity contribution < 1.29 is 9.59 Å². The Bertz CT molecular complexity index is 393. The van der Waals surface area contributed by atoms with Crippen molar-refractivity contribution in [2.75, 3.05) is 12.9 Å². The van der Waals surface area contributed by atoms with Crippen molar-refractivity contribution >= 4 is 23.4 Å². The molecule has 2 amide bonds. The summed E-state index contributed by atoms with van der Waals surface area (Å²) in [6, 6.07) is 7.05. The molecule has 0 aromatic heterocycles. The van der Waals surface area contributed by atoms with Crippen LogP contribution in [0.2, 0.25) is 0 Å². The van der Waals surface area contributed by atoms with Crippen LogP contribution >= 0.6 is 11.6 Å². The smallest absolute Gasteiger partial charge is 0.251 e. The van der Waals surface area contributed by atoms with Crippen molar-refractivity contribution in [3.05, 3.63) is 35.4 Å². The van der Waals surface area contributed by atoms with Crippen molar-refractivity contribution in [1.82, 2.24) is 10.6 Å². The third-order valence-corrected chi connectivity index (χ3v) is 2.27. The maximum Gasteiger partial charge on any atom is 0.251 e. The molecule has 0 aliphatic heterocycles. The summed E-state index contributed by atoms with van der Waals surface area (Å²) in [5.41, 5.74) is 1.43. The van der Waals surface area contributed by atoms with E-state index in [4.69, 9.17) is 11.6 Å². The second kappa shape index (κ2) is 6.12. The quantitative estimate of drug-likeness (QED) is 0.769. The summed E-state index contributed by atoms with van der Waals surface area (Å²) < 4.78 is 0. The van der Waals surface area contributed by atoms with Gasteiger partial charge in [0.25, 0.3) is 5.91 Å². The zero-order chi connectivity index (χ0) is 12.0. The first kappa shape index (κ1) is 12.5. The van der Waals surface area contributed by atoms with Crippen LogP contribution in [0.4, 0.5) is 0 Å². The molecular formula is C11H13ClN2O2. The van der Waals surface area contributed by atoms with Crippen LogP contribution in [0.25, 0.3) is 0 Å². The molecule has 5 heteroatoms. The van der Waals surface area contributed by atoms with E-state index >= 15 is 0 Å². The van der Waals surface area contributed by atoms with Crippen LogP contribution in [0.1, 0.15) is 15.9 Å². The van der Waals surface area contributed by atoms with Crippen LogP contribution in [-0.4, -0.2) is 24.7 Å². The number of carbonyl (C=O) groups is 2. The summed E-state index contributed by atoms with van der Waals surface area (Å²) in [6.07, 6.45) is 0. The number of rotatable bonds is 4. The van der Waals surface area contributed by atoms with Gasteiger partial charge in [-0.3, -0.25) is 9.59 Å². The van der Waals surface area contributed by atoms with Crippen LogP contribution in [0.15, 0.2) is 24.3 Å². The standard InChI is InChI=1S/C11H13ClN2O2/c1-13-11(16)9-4-2-3-8(5-9)7-14-10(15)6-12/h2-5H,6-7H2,1H3,(H,13,16)(H,14,15). The van der Waals surface area contributed by atoms with Gasteiger partial charge in [-0.25, -0.2) is 0 Å². The number of benzene rings is 1. The van der Waals surface area contributed by atoms with Crippen molar-refractivity contribution in [3.63, 3.8) is 0 Å². The molecular weight excluding hydrogens is 228 g/mol. The number of alkyl halides is 1. The predicted octanol–water partition coefficient (Wildman–Crippen LogP) is 0.901. The molecule has 0 saturated heterocycles. The summed E-state index contributed by atoms with van der Waals surface area (Å²) in [5.74, 6) is -0.438. The molecule has 16 heavy (non-hydrogen) atoms. The fourth-order valence-corrected chi connectivity index (χ4v) is 1.31. The molecule has 0 saturated carbocycles. The third kappa shape index (κ3) is 3.55. The van der Waals surface area contributed by atoms with Crippen molar-refractivity contribution in [2.24, 2.45) is 0 Å². The summed E-state index contributed by atoms with van der Waals surface area (Å²) in [6.45, 7) is 0.371. The number of halogens is 1. The van der Waals surface area contributed by atoms with E-state index in [0.29, 0.717) is 12.1 Å². The largest absolute Gasteiger partial charge is 0.355 e. The van der Waals surface area contributed by atoms with Gasteiger partial charge in [0, 0.05) is 19.2 Å². The van der Waals surface area contributed by atoms with Crippen LogP contribution in [0.5, 0.6) is 0 Å². The van der Waals surface area contributed by atoms with E-state index in [0.717, 1.165) is 5.56 Å². The highest BCUT2D eigenvalue weighted by molar-refractivity contribution is 6.27. The van der Waals surface area contributed by atoms with Crippen molar-refractivity contribution in [2.45, 2.75) is 6.54 Å². The first-order valence-corrected chi connectivity index (χ1v) is 5.34. The maximum absolute atomic E-state index is 11.3. The topological polar surface area (TPSA) is 58.2 Å². The van der Waals surface area contributed by atoms with Crippen LogP contribution in [0, 0.1) is 0 Å². The molecule has 4 nitrogen and oxygen atoms in total. The lowest BCUT2D eigenvalue weighted by molar-refractivity contribution is -0.118. The molecule has 0 aliphatic rings. The minimum atomic E-state index is -0.230. The van der Waals surface area contributed by atoms with E-state index in [9.17, 15) is 9.59 Å². The van der Waals surface area contributed by atoms with Crippen LogP contribution in [0.3, 0.4) is 0 Å². The number of amides is 2. The molecule has 86 valence electrons. The molecule has 1 aromatic rings. The number of hydrogen-bond acceptors (Lipinski definition) is 2. The van der Waals surface area contributed by atoms with Crippen molar-refractivity contribution in [3.8, 4) is 0 Å². The first-order valence-electron chi connectivity index (χ1n) is 4.81. The molecule has 0 fully saturated rings. The molecule has 0 radical (unpaired) electrons. The Morgan fingerprint density at radius 1 is 1.38 bits per heavy atom. The second-order valence-electron chi connectivity index (χ2n) is 3.19. The molecule has 0 atom stereocenters. The molecule has 1 aromatic carbocycles. The number of nitrogens with one attached hydrogen (secondary N) is 2. The molecule has 0 aliphatic carbocycles. The van der Waals surface area contributed by atoms with Gasteiger partial charge >= 0.3 is 0 Å². The van der Waals surface area contributed by atoms with Crippen molar-refractivity contribution in [1.29, 1.82) is 0 Å². The average Bonchev–Trinajstić information content (AvgIpc) is 2.35. The van der Waals surface area contributed by atoms with Gasteiger partial charge in [-0.15, -0.1) is 11.6 Å². The van der Waals surface area contributed by atoms with Gasteiger partial charge in [-0.05, 0) is 17.7 Å². The Balaban J connectivity index is 2.67. The highest BCUT2D eigenvalue weighted by Gasteiger charge is 2.04. The summed E-state index contributed by atoms with van der Waals surface area (Å²) in [5, 5.41) is 5.17. The normalized spacial score (nSPS) is 9.62. The Hall–Kier alpha value is -1.55. The van der Waals surface area contributed by atoms with E-state index in [-0.39, 0.29) is 17.7 Å². The highest BCUT2D eigenvalue weighted by atomic mass is 35.5. The first-order chi connectivity index (χ1) is 7.67. The van der Waals surface area contributed by atoms with Gasteiger partial charge in [-0.1, -0.05) is 12.1 Å². The van der Waals surface area contributed by atoms with Crippen LogP contribution in [-0.2, 0) is 11.3 Å². The summed E-state index contributed by atoms with van der Waals surface area (Å²) in [4.78, 5) is 22.3. The summed E-state index contributed by atoms with van der Waals surface area (Å²) >= 11 is 5.35. The monoisotopic (exact) mass is 240 g/mol. The highest BCUT2D eigenvalue weighted by Crippen LogP contribution is 2.04. The number of hydrogen-bond donors (Lipinski definition) is 2. The maximum atomic E-state index is 11.3. The molecule has 1 rings (SSSR count). The van der Waals surface area contributed by atoms with E-state index < -0.39 is 0 Å². The number of carbonyl (C=O) groups excluding carboxylic acids is 2. The van der Waals surface area contributed by atoms with Gasteiger partial charge in [0.1, 0.15) is 5.88 Å². The minimum Gasteiger partial charge on any atom is -0.355 e. The average molecular weight is 241 g/mol. The van der Waals surface area contributed by atoms with E-state index in [2.05, 4.69) is 10.6 Å². The fraction of sp³-hybridized carbons (Fsp3) is 0.273. The van der Waals surface area contributed by atoms with Gasteiger partial charge < -0.3 is 10.6 Å². The zero-order valence-electron chi connectivity index (χ0n) is 8.92. The molecule has 0 heterocycles. The third-order valence-electron chi connectivity index (χ3n) is 2.03. The lowest BCUT2D eigenvalue weighted by Crippen LogP contribution is -2.24. The fourth-order valence-electron chi connectivity index (χ4n) is 1.21. The SMILES string of the molecule is CNC(=O)c1cccc(CNC(=O)CCl)c1. The lowest BCUT2D eigenvalue weighted by Gasteiger charge is -2.05. The molecule has 0 bridgehead atoms. The van der Waals surface area contributed by atoms with Gasteiger partial charge in [0.15, 0.2) is 0 Å². The predicted molar refractivity (Wildman–Crippen MR) is 62.4 cm³/mol. The Labute approximate surface area is 99.0 Å². The minimum absolute atomic E-state index is 0.0604. The summed E-state index contributed by atoms with van der Waals surface area (Å²) in [7, 11) is 1.57. The van der Waals surface area contributed by atoms with E-state index in [1.807, 2.05) is 6.07 Å². The zero-order valence-corrected chi connectivity index (χ0v) is 9.67. The van der Waals surface area contributed by atoms with Gasteiger partial charge in [0.2, 0.25) is 5.91 Å². The second-order valence-corrected chi connectivity index (χ2v) is 3.46. The Kier molecular flexibility index (Phi) is 4.79. The molecule has 2 N–H and O–H groups in total. The van der Waals surface area contributed by atoms with Gasteiger partial charge in [-0.2, -0.15) is 0 Å². The Morgan fingerprint density at radius 3 is 2.75 bits per heavy atom. The van der Waals surface area contributed by atoms with E-state index in [1.54, 1.807) is 25.2 Å². The van der Waals surface area contributed by atoms with Crippen LogP contribution < -0.4 is 10.6 Å². The molecule has 0 unspecified atom stereocenters. The Morgan fingerprint density at radius 2 is 2.12 bits per heavy atom. The van der Waals surface area contributed by atoms with Gasteiger partial charge in [0.05, 0.1) is 0 Å². The molecule has 0 spiro atoms.